The average molecular weight is 287 g/mol. The lowest BCUT2D eigenvalue weighted by atomic mass is 9.78. The van der Waals surface area contributed by atoms with Gasteiger partial charge in [0.1, 0.15) is 0 Å². The van der Waals surface area contributed by atoms with Crippen LogP contribution in [0.2, 0.25) is 0 Å². The van der Waals surface area contributed by atoms with Gasteiger partial charge in [0.05, 0.1) is 0 Å². The Hall–Kier alpha value is -0.0900. The fourth-order valence-electron chi connectivity index (χ4n) is 1.79. The van der Waals surface area contributed by atoms with Crippen molar-refractivity contribution >= 4 is 22.6 Å². The molecular weight excluding hydrogens is 273 g/mol. The van der Waals surface area contributed by atoms with Crippen LogP contribution >= 0.6 is 22.6 Å². The molecule has 0 aromatic heterocycles. The number of hydrogen-bond donors (Lipinski definition) is 1. The summed E-state index contributed by atoms with van der Waals surface area (Å²) < 4.78 is 1.28. The Labute approximate surface area is 92.9 Å². The third kappa shape index (κ3) is 2.05. The maximum atomic E-state index is 6.17. The maximum Gasteiger partial charge on any atom is 0.0323 e. The van der Waals surface area contributed by atoms with Crippen molar-refractivity contribution in [2.75, 3.05) is 0 Å². The molecule has 1 atom stereocenters. The fourth-order valence-corrected chi connectivity index (χ4v) is 2.35. The van der Waals surface area contributed by atoms with Crippen LogP contribution in [0, 0.1) is 9.49 Å². The van der Waals surface area contributed by atoms with Gasteiger partial charge in [0.25, 0.3) is 0 Å². The maximum absolute atomic E-state index is 6.17. The molecule has 2 rings (SSSR count). The molecule has 0 radical (unpaired) electrons. The molecule has 0 aliphatic heterocycles. The van der Waals surface area contributed by atoms with Gasteiger partial charge in [0.2, 0.25) is 0 Å². The van der Waals surface area contributed by atoms with Gasteiger partial charge in [-0.15, -0.1) is 0 Å². The molecule has 1 aliphatic carbocycles. The highest BCUT2D eigenvalue weighted by Gasteiger charge is 2.25. The van der Waals surface area contributed by atoms with Crippen LogP contribution in [-0.2, 0) is 0 Å². The number of benzene rings is 1. The Balaban J connectivity index is 2.14. The first-order valence-electron chi connectivity index (χ1n) is 4.78. The van der Waals surface area contributed by atoms with Gasteiger partial charge in [0.15, 0.2) is 0 Å². The van der Waals surface area contributed by atoms with Gasteiger partial charge in [-0.2, -0.15) is 0 Å². The molecule has 1 aliphatic rings. The molecule has 13 heavy (non-hydrogen) atoms. The van der Waals surface area contributed by atoms with Crippen LogP contribution in [0.5, 0.6) is 0 Å². The predicted molar refractivity (Wildman–Crippen MR) is 63.4 cm³/mol. The second kappa shape index (κ2) is 3.96. The Morgan fingerprint density at radius 3 is 2.69 bits per heavy atom. The van der Waals surface area contributed by atoms with Crippen LogP contribution in [-0.4, -0.2) is 0 Å². The first-order chi connectivity index (χ1) is 6.27. The highest BCUT2D eigenvalue weighted by atomic mass is 127. The summed E-state index contributed by atoms with van der Waals surface area (Å²) in [5.74, 6) is 0.734. The van der Waals surface area contributed by atoms with Crippen LogP contribution in [0.3, 0.4) is 0 Å². The molecular formula is C11H14IN. The minimum atomic E-state index is 0.267. The van der Waals surface area contributed by atoms with Crippen molar-refractivity contribution in [3.8, 4) is 0 Å². The van der Waals surface area contributed by atoms with E-state index >= 15 is 0 Å². The number of rotatable bonds is 2. The van der Waals surface area contributed by atoms with Crippen molar-refractivity contribution in [2.45, 2.75) is 25.3 Å². The lowest BCUT2D eigenvalue weighted by molar-refractivity contribution is 0.264. The number of hydrogen-bond acceptors (Lipinski definition) is 1. The van der Waals surface area contributed by atoms with Crippen LogP contribution in [0.15, 0.2) is 24.3 Å². The highest BCUT2D eigenvalue weighted by molar-refractivity contribution is 14.1. The predicted octanol–water partition coefficient (Wildman–Crippen LogP) is 3.09. The number of nitrogens with two attached hydrogens (primary N) is 1. The fraction of sp³-hybridized carbons (Fsp3) is 0.455. The van der Waals surface area contributed by atoms with E-state index in [2.05, 4.69) is 46.9 Å². The minimum absolute atomic E-state index is 0.267. The van der Waals surface area contributed by atoms with E-state index in [0.717, 1.165) is 5.92 Å². The quantitative estimate of drug-likeness (QED) is 0.831. The van der Waals surface area contributed by atoms with Gasteiger partial charge in [-0.05, 0) is 59.0 Å². The van der Waals surface area contributed by atoms with E-state index in [-0.39, 0.29) is 6.04 Å². The lowest BCUT2D eigenvalue weighted by Gasteiger charge is -2.31. The summed E-state index contributed by atoms with van der Waals surface area (Å²) in [5.41, 5.74) is 7.47. The van der Waals surface area contributed by atoms with E-state index < -0.39 is 0 Å². The van der Waals surface area contributed by atoms with E-state index in [9.17, 15) is 0 Å². The van der Waals surface area contributed by atoms with Crippen molar-refractivity contribution in [3.63, 3.8) is 0 Å². The second-order valence-electron chi connectivity index (χ2n) is 3.77. The molecule has 0 amide bonds. The molecule has 0 heterocycles. The van der Waals surface area contributed by atoms with Crippen LogP contribution in [0.4, 0.5) is 0 Å². The van der Waals surface area contributed by atoms with E-state index in [1.54, 1.807) is 0 Å². The van der Waals surface area contributed by atoms with Crippen molar-refractivity contribution in [1.29, 1.82) is 0 Å². The standard InChI is InChI=1S/C11H14IN/c12-10-6-2-5-9(7-10)11(13)8-3-1-4-8/h2,5-8,11H,1,3-4,13H2. The van der Waals surface area contributed by atoms with Crippen LogP contribution < -0.4 is 5.73 Å². The average Bonchev–Trinajstić information content (AvgIpc) is 2.01. The Morgan fingerprint density at radius 1 is 1.38 bits per heavy atom. The SMILES string of the molecule is NC(c1cccc(I)c1)C1CCC1. The van der Waals surface area contributed by atoms with E-state index in [1.165, 1.54) is 28.4 Å². The van der Waals surface area contributed by atoms with E-state index in [1.807, 2.05) is 0 Å². The molecule has 0 saturated heterocycles. The smallest absolute Gasteiger partial charge is 0.0323 e. The molecule has 0 bridgehead atoms. The summed E-state index contributed by atoms with van der Waals surface area (Å²) in [5, 5.41) is 0. The van der Waals surface area contributed by atoms with Gasteiger partial charge in [-0.3, -0.25) is 0 Å². The third-order valence-corrected chi connectivity index (χ3v) is 3.56. The molecule has 1 unspecified atom stereocenters. The zero-order chi connectivity index (χ0) is 9.26. The molecule has 1 fully saturated rings. The van der Waals surface area contributed by atoms with Crippen LogP contribution in [0.1, 0.15) is 30.9 Å². The van der Waals surface area contributed by atoms with Gasteiger partial charge in [-0.25, -0.2) is 0 Å². The minimum Gasteiger partial charge on any atom is -0.324 e. The summed E-state index contributed by atoms with van der Waals surface area (Å²) >= 11 is 2.34. The highest BCUT2D eigenvalue weighted by Crippen LogP contribution is 2.36. The Morgan fingerprint density at radius 2 is 2.15 bits per heavy atom. The molecule has 2 N–H and O–H groups in total. The third-order valence-electron chi connectivity index (χ3n) is 2.89. The van der Waals surface area contributed by atoms with Crippen molar-refractivity contribution in [2.24, 2.45) is 11.7 Å². The van der Waals surface area contributed by atoms with Gasteiger partial charge >= 0.3 is 0 Å². The van der Waals surface area contributed by atoms with Crippen molar-refractivity contribution in [1.82, 2.24) is 0 Å². The first kappa shape index (κ1) is 9.46. The number of halogens is 1. The van der Waals surface area contributed by atoms with Crippen LogP contribution in [0.25, 0.3) is 0 Å². The molecule has 70 valence electrons. The van der Waals surface area contributed by atoms with E-state index in [4.69, 9.17) is 5.73 Å². The zero-order valence-corrected chi connectivity index (χ0v) is 9.70. The zero-order valence-electron chi connectivity index (χ0n) is 7.54. The largest absolute Gasteiger partial charge is 0.324 e. The summed E-state index contributed by atoms with van der Waals surface area (Å²) in [6.45, 7) is 0. The normalized spacial score (nSPS) is 19.5. The van der Waals surface area contributed by atoms with Crippen molar-refractivity contribution in [3.05, 3.63) is 33.4 Å². The van der Waals surface area contributed by atoms with E-state index in [0.29, 0.717) is 0 Å². The molecule has 2 heteroatoms. The van der Waals surface area contributed by atoms with Gasteiger partial charge in [-0.1, -0.05) is 18.6 Å². The molecule has 1 saturated carbocycles. The topological polar surface area (TPSA) is 26.0 Å². The summed E-state index contributed by atoms with van der Waals surface area (Å²) in [4.78, 5) is 0. The van der Waals surface area contributed by atoms with Gasteiger partial charge < -0.3 is 5.73 Å². The lowest BCUT2D eigenvalue weighted by Crippen LogP contribution is -2.26. The Bertz CT molecular complexity index is 294. The first-order valence-corrected chi connectivity index (χ1v) is 5.86. The monoisotopic (exact) mass is 287 g/mol. The summed E-state index contributed by atoms with van der Waals surface area (Å²) in [7, 11) is 0. The molecule has 1 aromatic rings. The molecule has 1 aromatic carbocycles. The summed E-state index contributed by atoms with van der Waals surface area (Å²) in [6, 6.07) is 8.81. The molecule has 0 spiro atoms. The van der Waals surface area contributed by atoms with Crippen molar-refractivity contribution < 1.29 is 0 Å². The Kier molecular flexibility index (Phi) is 2.89. The van der Waals surface area contributed by atoms with Gasteiger partial charge in [0, 0.05) is 9.61 Å². The summed E-state index contributed by atoms with van der Waals surface area (Å²) in [6.07, 6.45) is 3.99. The second-order valence-corrected chi connectivity index (χ2v) is 5.02. The molecule has 1 nitrogen and oxygen atoms in total.